The van der Waals surface area contributed by atoms with Crippen LogP contribution in [0, 0.1) is 11.8 Å². The first-order valence-electron chi connectivity index (χ1n) is 9.22. The normalized spacial score (nSPS) is 37.4. The van der Waals surface area contributed by atoms with E-state index in [1.54, 1.807) is 0 Å². The molecule has 1 aliphatic carbocycles. The largest absolute Gasteiger partial charge is 0.395 e. The van der Waals surface area contributed by atoms with Gasteiger partial charge in [0.1, 0.15) is 0 Å². The summed E-state index contributed by atoms with van der Waals surface area (Å²) in [7, 11) is 0. The highest BCUT2D eigenvalue weighted by Crippen LogP contribution is 2.42. The zero-order valence-corrected chi connectivity index (χ0v) is 14.1. The molecular formula is C17H29F3N2O2. The number of β-amino-alcohol motifs (C(OH)–C–C–N with tert-alkyl or cyclic N) is 1. The number of aliphatic hydroxyl groups is 2. The number of likely N-dealkylation sites (tertiary alicyclic amines) is 2. The summed E-state index contributed by atoms with van der Waals surface area (Å²) < 4.78 is 39.7. The number of nitrogens with zero attached hydrogens (tertiary/aromatic N) is 2. The summed E-state index contributed by atoms with van der Waals surface area (Å²) in [5.41, 5.74) is 0. The number of hydrogen-bond acceptors (Lipinski definition) is 4. The van der Waals surface area contributed by atoms with Gasteiger partial charge in [-0.25, -0.2) is 0 Å². The molecule has 0 aromatic carbocycles. The van der Waals surface area contributed by atoms with E-state index >= 15 is 0 Å². The van der Waals surface area contributed by atoms with E-state index in [-0.39, 0.29) is 31.2 Å². The minimum atomic E-state index is -4.09. The number of halogens is 3. The van der Waals surface area contributed by atoms with Crippen LogP contribution in [0.15, 0.2) is 0 Å². The summed E-state index contributed by atoms with van der Waals surface area (Å²) in [5.74, 6) is -0.825. The number of hydrogen-bond donors (Lipinski definition) is 2. The van der Waals surface area contributed by atoms with E-state index in [0.717, 1.165) is 19.4 Å². The first-order chi connectivity index (χ1) is 11.4. The van der Waals surface area contributed by atoms with Crippen LogP contribution in [0.3, 0.4) is 0 Å². The van der Waals surface area contributed by atoms with Gasteiger partial charge in [0.25, 0.3) is 0 Å². The molecule has 0 aromatic heterocycles. The Morgan fingerprint density at radius 1 is 0.958 bits per heavy atom. The van der Waals surface area contributed by atoms with Crippen LogP contribution in [0.4, 0.5) is 13.2 Å². The highest BCUT2D eigenvalue weighted by molar-refractivity contribution is 4.95. The van der Waals surface area contributed by atoms with Crippen LogP contribution in [0.2, 0.25) is 0 Å². The molecule has 4 nitrogen and oxygen atoms in total. The third-order valence-electron chi connectivity index (χ3n) is 6.10. The zero-order valence-electron chi connectivity index (χ0n) is 14.1. The van der Waals surface area contributed by atoms with Gasteiger partial charge >= 0.3 is 6.18 Å². The Hall–Kier alpha value is -0.370. The molecule has 3 aliphatic rings. The molecule has 0 spiro atoms. The molecule has 0 aromatic rings. The predicted molar refractivity (Wildman–Crippen MR) is 84.6 cm³/mol. The fraction of sp³-hybridized carbons (Fsp3) is 1.00. The maximum atomic E-state index is 13.2. The second kappa shape index (κ2) is 7.48. The summed E-state index contributed by atoms with van der Waals surface area (Å²) in [5, 5.41) is 19.3. The molecule has 2 heterocycles. The van der Waals surface area contributed by atoms with Crippen molar-refractivity contribution in [3.63, 3.8) is 0 Å². The van der Waals surface area contributed by atoms with Crippen molar-refractivity contribution >= 4 is 0 Å². The smallest absolute Gasteiger partial charge is 0.393 e. The quantitative estimate of drug-likeness (QED) is 0.813. The van der Waals surface area contributed by atoms with Crippen LogP contribution in [0.1, 0.15) is 38.5 Å². The molecule has 1 saturated carbocycles. The van der Waals surface area contributed by atoms with E-state index in [1.807, 2.05) is 4.90 Å². The van der Waals surface area contributed by atoms with Crippen molar-refractivity contribution in [1.29, 1.82) is 0 Å². The van der Waals surface area contributed by atoms with Crippen molar-refractivity contribution in [3.8, 4) is 0 Å². The van der Waals surface area contributed by atoms with Gasteiger partial charge in [-0.05, 0) is 31.6 Å². The van der Waals surface area contributed by atoms with Crippen molar-refractivity contribution in [3.05, 3.63) is 0 Å². The van der Waals surface area contributed by atoms with Crippen molar-refractivity contribution < 1.29 is 23.4 Å². The molecule has 0 radical (unpaired) electrons. The Balaban J connectivity index is 1.51. The van der Waals surface area contributed by atoms with Crippen LogP contribution in [0.25, 0.3) is 0 Å². The molecule has 2 aliphatic heterocycles. The van der Waals surface area contributed by atoms with Crippen LogP contribution >= 0.6 is 0 Å². The van der Waals surface area contributed by atoms with E-state index in [2.05, 4.69) is 4.90 Å². The third kappa shape index (κ3) is 4.06. The molecule has 140 valence electrons. The first-order valence-corrected chi connectivity index (χ1v) is 9.22. The van der Waals surface area contributed by atoms with E-state index < -0.39 is 12.1 Å². The minimum Gasteiger partial charge on any atom is -0.395 e. The van der Waals surface area contributed by atoms with Gasteiger partial charge in [0.05, 0.1) is 18.6 Å². The van der Waals surface area contributed by atoms with Crippen LogP contribution in [-0.4, -0.2) is 77.2 Å². The lowest BCUT2D eigenvalue weighted by Gasteiger charge is -2.51. The van der Waals surface area contributed by atoms with Crippen LogP contribution < -0.4 is 0 Å². The van der Waals surface area contributed by atoms with E-state index in [1.165, 1.54) is 0 Å². The molecule has 2 saturated heterocycles. The molecule has 0 unspecified atom stereocenters. The Kier molecular flexibility index (Phi) is 5.74. The summed E-state index contributed by atoms with van der Waals surface area (Å²) >= 11 is 0. The van der Waals surface area contributed by atoms with E-state index in [4.69, 9.17) is 0 Å². The topological polar surface area (TPSA) is 46.9 Å². The Morgan fingerprint density at radius 3 is 2.33 bits per heavy atom. The molecule has 4 atom stereocenters. The summed E-state index contributed by atoms with van der Waals surface area (Å²) in [6.07, 6.45) is -0.447. The SMILES string of the molecule is OC[C@H]1CC[C@@H](O)CN1CC1CN([C@H]2CCCC[C@H]2C(F)(F)F)C1. The Bertz CT molecular complexity index is 415. The van der Waals surface area contributed by atoms with Crippen molar-refractivity contribution in [2.24, 2.45) is 11.8 Å². The number of rotatable bonds is 4. The maximum absolute atomic E-state index is 13.2. The van der Waals surface area contributed by atoms with E-state index in [0.29, 0.717) is 44.8 Å². The van der Waals surface area contributed by atoms with Gasteiger partial charge in [0.2, 0.25) is 0 Å². The van der Waals surface area contributed by atoms with Gasteiger partial charge in [-0.15, -0.1) is 0 Å². The molecule has 7 heteroatoms. The average molecular weight is 350 g/mol. The lowest BCUT2D eigenvalue weighted by atomic mass is 9.80. The van der Waals surface area contributed by atoms with E-state index in [9.17, 15) is 23.4 Å². The van der Waals surface area contributed by atoms with Gasteiger partial charge in [0.15, 0.2) is 0 Å². The lowest BCUT2D eigenvalue weighted by molar-refractivity contribution is -0.206. The first kappa shape index (κ1) is 18.4. The fourth-order valence-corrected chi connectivity index (χ4v) is 4.77. The van der Waals surface area contributed by atoms with Gasteiger partial charge < -0.3 is 10.2 Å². The zero-order chi connectivity index (χ0) is 17.3. The number of piperidine rings is 1. The molecule has 24 heavy (non-hydrogen) atoms. The summed E-state index contributed by atoms with van der Waals surface area (Å²) in [6, 6.07) is -0.268. The van der Waals surface area contributed by atoms with Gasteiger partial charge in [-0.1, -0.05) is 12.8 Å². The second-order valence-corrected chi connectivity index (χ2v) is 7.84. The highest BCUT2D eigenvalue weighted by atomic mass is 19.4. The van der Waals surface area contributed by atoms with Crippen molar-refractivity contribution in [2.75, 3.05) is 32.8 Å². The molecular weight excluding hydrogens is 321 g/mol. The minimum absolute atomic E-state index is 0.0834. The van der Waals surface area contributed by atoms with Crippen molar-refractivity contribution in [1.82, 2.24) is 9.80 Å². The average Bonchev–Trinajstić information content (AvgIpc) is 2.50. The summed E-state index contributed by atoms with van der Waals surface area (Å²) in [6.45, 7) is 2.84. The van der Waals surface area contributed by atoms with Crippen molar-refractivity contribution in [2.45, 2.75) is 62.9 Å². The Morgan fingerprint density at radius 2 is 1.67 bits per heavy atom. The second-order valence-electron chi connectivity index (χ2n) is 7.84. The Labute approximate surface area is 141 Å². The van der Waals surface area contributed by atoms with Gasteiger partial charge in [-0.2, -0.15) is 13.2 Å². The third-order valence-corrected chi connectivity index (χ3v) is 6.10. The molecule has 3 fully saturated rings. The monoisotopic (exact) mass is 350 g/mol. The lowest BCUT2D eigenvalue weighted by Crippen LogP contribution is -2.61. The maximum Gasteiger partial charge on any atom is 0.393 e. The van der Waals surface area contributed by atoms with Crippen LogP contribution in [-0.2, 0) is 0 Å². The predicted octanol–water partition coefficient (Wildman–Crippen LogP) is 1.86. The summed E-state index contributed by atoms with van der Waals surface area (Å²) in [4.78, 5) is 4.13. The number of alkyl halides is 3. The van der Waals surface area contributed by atoms with Gasteiger partial charge in [0, 0.05) is 38.3 Å². The van der Waals surface area contributed by atoms with Gasteiger partial charge in [-0.3, -0.25) is 9.80 Å². The molecule has 0 bridgehead atoms. The standard InChI is InChI=1S/C17H29F3N2O2/c18-17(19,20)15-3-1-2-4-16(15)22-8-12(9-22)7-21-10-14(24)6-5-13(21)11-23/h12-16,23-24H,1-11H2/t13-,14-,15-,16+/m1/s1. The van der Waals surface area contributed by atoms with Crippen LogP contribution in [0.5, 0.6) is 0 Å². The number of aliphatic hydroxyl groups excluding tert-OH is 2. The molecule has 2 N–H and O–H groups in total. The fourth-order valence-electron chi connectivity index (χ4n) is 4.77. The molecule has 3 rings (SSSR count). The highest BCUT2D eigenvalue weighted by Gasteiger charge is 2.49. The molecule has 0 amide bonds.